The molecule has 2 aromatic rings. The van der Waals surface area contributed by atoms with Crippen LogP contribution in [0.3, 0.4) is 0 Å². The molecule has 0 saturated carbocycles. The Bertz CT molecular complexity index is 1100. The molecule has 1 fully saturated rings. The van der Waals surface area contributed by atoms with E-state index in [4.69, 9.17) is 28.3 Å². The van der Waals surface area contributed by atoms with Crippen molar-refractivity contribution in [2.45, 2.75) is 44.3 Å². The van der Waals surface area contributed by atoms with Crippen LogP contribution < -0.4 is 5.32 Å². The molecule has 1 aliphatic heterocycles. The van der Waals surface area contributed by atoms with E-state index in [9.17, 15) is 14.4 Å². The van der Waals surface area contributed by atoms with Crippen molar-refractivity contribution in [2.24, 2.45) is 5.10 Å². The van der Waals surface area contributed by atoms with Crippen LogP contribution in [0.4, 0.5) is 4.79 Å². The van der Waals surface area contributed by atoms with Gasteiger partial charge in [0.25, 0.3) is 5.91 Å². The number of aromatic nitrogens is 2. The molecule has 0 spiro atoms. The number of carboxylic acids is 1. The number of nitrogens with zero attached hydrogens (tertiary/aromatic N) is 4. The second kappa shape index (κ2) is 9.51. The predicted molar refractivity (Wildman–Crippen MR) is 123 cm³/mol. The second-order valence-electron chi connectivity index (χ2n) is 7.32. The lowest BCUT2D eigenvalue weighted by Crippen LogP contribution is -2.42. The van der Waals surface area contributed by atoms with E-state index in [0.29, 0.717) is 38.3 Å². The summed E-state index contributed by atoms with van der Waals surface area (Å²) in [6, 6.07) is 4.51. The Morgan fingerprint density at radius 2 is 2.00 bits per heavy atom. The largest absolute Gasteiger partial charge is 0.481 e. The van der Waals surface area contributed by atoms with Crippen molar-refractivity contribution in [3.05, 3.63) is 45.1 Å². The van der Waals surface area contributed by atoms with E-state index in [2.05, 4.69) is 15.5 Å². The first-order valence-corrected chi connectivity index (χ1v) is 11.4. The average Bonchev–Trinajstić information content (AvgIpc) is 3.14. The number of halogens is 2. The van der Waals surface area contributed by atoms with Crippen LogP contribution >= 0.6 is 35.0 Å². The Morgan fingerprint density at radius 1 is 1.34 bits per heavy atom. The van der Waals surface area contributed by atoms with E-state index in [1.807, 2.05) is 0 Å². The molecule has 9 nitrogen and oxygen atoms in total. The van der Waals surface area contributed by atoms with Gasteiger partial charge in [-0.15, -0.1) is 5.01 Å². The molecule has 12 heteroatoms. The van der Waals surface area contributed by atoms with Crippen LogP contribution in [0.25, 0.3) is 0 Å². The standard InChI is InChI=1S/C20H21Cl2N5O4S/c1-4-20(3)18(30)27(19(31)24-20)23-8-12-11(2)25-26(17(12)32-10-16(28)29)9-13-14(21)6-5-7-15(13)22/h5-8H,4,9-10H2,1-3H3,(H,24,31)(H,28,29). The van der Waals surface area contributed by atoms with E-state index >= 15 is 0 Å². The zero-order valence-electron chi connectivity index (χ0n) is 17.6. The number of hydrogen-bond donors (Lipinski definition) is 2. The highest BCUT2D eigenvalue weighted by atomic mass is 35.5. The van der Waals surface area contributed by atoms with Gasteiger partial charge < -0.3 is 10.4 Å². The lowest BCUT2D eigenvalue weighted by molar-refractivity contribution is -0.134. The van der Waals surface area contributed by atoms with Gasteiger partial charge in [-0.1, -0.05) is 48.0 Å². The van der Waals surface area contributed by atoms with Crippen molar-refractivity contribution < 1.29 is 19.5 Å². The lowest BCUT2D eigenvalue weighted by Gasteiger charge is -2.17. The first kappa shape index (κ1) is 24.1. The number of nitrogens with one attached hydrogen (secondary N) is 1. The molecule has 170 valence electrons. The van der Waals surface area contributed by atoms with Crippen LogP contribution in [0.15, 0.2) is 28.3 Å². The Morgan fingerprint density at radius 3 is 2.56 bits per heavy atom. The highest BCUT2D eigenvalue weighted by Crippen LogP contribution is 2.30. The maximum absolute atomic E-state index is 12.6. The molecule has 2 N–H and O–H groups in total. The molecule has 1 atom stereocenters. The van der Waals surface area contributed by atoms with Crippen molar-refractivity contribution in [1.82, 2.24) is 20.1 Å². The molecule has 32 heavy (non-hydrogen) atoms. The van der Waals surface area contributed by atoms with Gasteiger partial charge in [-0.2, -0.15) is 10.2 Å². The van der Waals surface area contributed by atoms with E-state index in [1.165, 1.54) is 6.21 Å². The number of imide groups is 1. The molecule has 3 amide bonds. The van der Waals surface area contributed by atoms with Crippen LogP contribution in [0.2, 0.25) is 10.0 Å². The zero-order valence-corrected chi connectivity index (χ0v) is 19.9. The molecule has 0 aliphatic carbocycles. The second-order valence-corrected chi connectivity index (χ2v) is 9.10. The van der Waals surface area contributed by atoms with Crippen molar-refractivity contribution >= 4 is 59.1 Å². The fourth-order valence-electron chi connectivity index (χ4n) is 3.07. The van der Waals surface area contributed by atoms with Crippen molar-refractivity contribution in [1.29, 1.82) is 0 Å². The van der Waals surface area contributed by atoms with E-state index in [1.54, 1.807) is 43.7 Å². The zero-order chi connectivity index (χ0) is 23.6. The molecule has 1 aromatic heterocycles. The highest BCUT2D eigenvalue weighted by molar-refractivity contribution is 8.00. The number of carbonyl (C=O) groups is 3. The quantitative estimate of drug-likeness (QED) is 0.325. The number of rotatable bonds is 8. The number of aliphatic carboxylic acids is 1. The lowest BCUT2D eigenvalue weighted by atomic mass is 10.00. The fraction of sp³-hybridized carbons (Fsp3) is 0.350. The predicted octanol–water partition coefficient (Wildman–Crippen LogP) is 3.78. The summed E-state index contributed by atoms with van der Waals surface area (Å²) in [5.74, 6) is -1.69. The monoisotopic (exact) mass is 497 g/mol. The Labute approximate surface area is 198 Å². The maximum Gasteiger partial charge on any atom is 0.346 e. The number of hydrazone groups is 1. The minimum Gasteiger partial charge on any atom is -0.481 e. The van der Waals surface area contributed by atoms with E-state index < -0.39 is 23.4 Å². The Kier molecular flexibility index (Phi) is 7.16. The molecule has 1 unspecified atom stereocenters. The molecule has 1 aromatic carbocycles. The highest BCUT2D eigenvalue weighted by Gasteiger charge is 2.46. The van der Waals surface area contributed by atoms with Crippen molar-refractivity contribution in [3.8, 4) is 0 Å². The minimum absolute atomic E-state index is 0.201. The van der Waals surface area contributed by atoms with Gasteiger partial charge in [0.15, 0.2) is 0 Å². The third-order valence-electron chi connectivity index (χ3n) is 5.08. The number of thioether (sulfide) groups is 1. The Hall–Kier alpha value is -2.56. The molecular formula is C20H21Cl2N5O4S. The van der Waals surface area contributed by atoms with Gasteiger partial charge in [0.1, 0.15) is 10.6 Å². The van der Waals surface area contributed by atoms with Crippen LogP contribution in [0, 0.1) is 6.92 Å². The summed E-state index contributed by atoms with van der Waals surface area (Å²) in [5.41, 5.74) is 0.641. The first-order chi connectivity index (χ1) is 15.1. The summed E-state index contributed by atoms with van der Waals surface area (Å²) in [6.45, 7) is 5.35. The Balaban J connectivity index is 1.98. The summed E-state index contributed by atoms with van der Waals surface area (Å²) >= 11 is 13.6. The van der Waals surface area contributed by atoms with E-state index in [0.717, 1.165) is 16.8 Å². The van der Waals surface area contributed by atoms with Gasteiger partial charge in [-0.25, -0.2) is 4.79 Å². The van der Waals surface area contributed by atoms with Crippen LogP contribution in [-0.4, -0.2) is 55.3 Å². The summed E-state index contributed by atoms with van der Waals surface area (Å²) in [4.78, 5) is 36.0. The molecular weight excluding hydrogens is 477 g/mol. The smallest absolute Gasteiger partial charge is 0.346 e. The summed E-state index contributed by atoms with van der Waals surface area (Å²) < 4.78 is 1.58. The number of urea groups is 1. The summed E-state index contributed by atoms with van der Waals surface area (Å²) in [6.07, 6.45) is 1.76. The van der Waals surface area contributed by atoms with Crippen molar-refractivity contribution in [2.75, 3.05) is 5.75 Å². The fourth-order valence-corrected chi connectivity index (χ4v) is 4.46. The van der Waals surface area contributed by atoms with Crippen molar-refractivity contribution in [3.63, 3.8) is 0 Å². The topological polar surface area (TPSA) is 117 Å². The van der Waals surface area contributed by atoms with Gasteiger partial charge in [0, 0.05) is 21.2 Å². The number of amides is 3. The first-order valence-electron chi connectivity index (χ1n) is 9.63. The number of aryl methyl sites for hydroxylation is 1. The van der Waals surface area contributed by atoms with Gasteiger partial charge in [-0.05, 0) is 32.4 Å². The normalized spacial score (nSPS) is 18.6. The molecule has 1 saturated heterocycles. The molecule has 1 aliphatic rings. The van der Waals surface area contributed by atoms with Gasteiger partial charge >= 0.3 is 12.0 Å². The number of hydrogen-bond acceptors (Lipinski definition) is 6. The minimum atomic E-state index is -1.02. The van der Waals surface area contributed by atoms with Crippen LogP contribution in [0.1, 0.15) is 37.1 Å². The average molecular weight is 498 g/mol. The SMILES string of the molecule is CCC1(C)NC(=O)N(N=Cc2c(C)nn(Cc3c(Cl)cccc3Cl)c2SCC(=O)O)C1=O. The summed E-state index contributed by atoms with van der Waals surface area (Å²) in [7, 11) is 0. The number of carboxylic acid groups (broad SMARTS) is 1. The molecule has 3 rings (SSSR count). The van der Waals surface area contributed by atoms with Gasteiger partial charge in [-0.3, -0.25) is 14.3 Å². The number of benzene rings is 1. The molecule has 2 heterocycles. The molecule has 0 bridgehead atoms. The molecule has 0 radical (unpaired) electrons. The van der Waals surface area contributed by atoms with Crippen LogP contribution in [0.5, 0.6) is 0 Å². The number of carbonyl (C=O) groups excluding carboxylic acids is 2. The van der Waals surface area contributed by atoms with E-state index in [-0.39, 0.29) is 12.3 Å². The summed E-state index contributed by atoms with van der Waals surface area (Å²) in [5, 5.41) is 22.5. The third kappa shape index (κ3) is 4.77. The third-order valence-corrected chi connectivity index (χ3v) is 6.88. The van der Waals surface area contributed by atoms with Crippen LogP contribution in [-0.2, 0) is 16.1 Å². The van der Waals surface area contributed by atoms with Gasteiger partial charge in [0.05, 0.1) is 24.2 Å². The maximum atomic E-state index is 12.6. The van der Waals surface area contributed by atoms with Gasteiger partial charge in [0.2, 0.25) is 0 Å².